The maximum atomic E-state index is 13.4. The fourth-order valence-corrected chi connectivity index (χ4v) is 6.74. The lowest BCUT2D eigenvalue weighted by Gasteiger charge is -2.37. The van der Waals surface area contributed by atoms with E-state index in [2.05, 4.69) is 16.9 Å². The molecule has 0 spiro atoms. The molecule has 2 atom stereocenters. The molecule has 1 saturated heterocycles. The highest BCUT2D eigenvalue weighted by atomic mass is 19.1. The summed E-state index contributed by atoms with van der Waals surface area (Å²) in [4.78, 5) is 55.3. The van der Waals surface area contributed by atoms with E-state index in [1.807, 2.05) is 31.5 Å². The maximum Gasteiger partial charge on any atom is 0.410 e. The Morgan fingerprint density at radius 3 is 2.55 bits per heavy atom. The van der Waals surface area contributed by atoms with E-state index >= 15 is 0 Å². The summed E-state index contributed by atoms with van der Waals surface area (Å²) in [6.07, 6.45) is 6.88. The Morgan fingerprint density at radius 1 is 1.12 bits per heavy atom. The minimum absolute atomic E-state index is 0.0318. The number of ether oxygens (including phenoxy) is 2. The van der Waals surface area contributed by atoms with E-state index in [0.29, 0.717) is 76.7 Å². The highest BCUT2D eigenvalue weighted by molar-refractivity contribution is 6.09. The molecule has 7 rings (SSSR count). The second-order valence-electron chi connectivity index (χ2n) is 14.2. The van der Waals surface area contributed by atoms with Gasteiger partial charge in [-0.25, -0.2) is 28.8 Å². The standard InChI is InChI=1S/C35H39FN8O5/c1-19-16-42(34(47)49-35(2,3)4)10-9-25(19)44-33-23(15-40-44)30(31(32(37)46)24(41-33)11-20-5-6-20)21-7-8-26-27(12-21)48-18-29(45)43(26)17-28-38-13-22(36)14-39-28/h7-8,12-15,19-20,25H,5-6,9-11,16-18H2,1-4H3,(H2,37,46)/t19-,25-/m1/s1. The van der Waals surface area contributed by atoms with E-state index in [0.717, 1.165) is 25.2 Å². The van der Waals surface area contributed by atoms with Crippen molar-refractivity contribution in [2.24, 2.45) is 17.6 Å². The van der Waals surface area contributed by atoms with Crippen molar-refractivity contribution >= 4 is 34.6 Å². The zero-order valence-corrected chi connectivity index (χ0v) is 28.0. The van der Waals surface area contributed by atoms with Crippen molar-refractivity contribution in [3.05, 3.63) is 59.7 Å². The van der Waals surface area contributed by atoms with E-state index in [1.54, 1.807) is 23.2 Å². The van der Waals surface area contributed by atoms with Gasteiger partial charge in [-0.15, -0.1) is 0 Å². The highest BCUT2D eigenvalue weighted by Gasteiger charge is 2.36. The number of pyridine rings is 1. The summed E-state index contributed by atoms with van der Waals surface area (Å²) in [5, 5.41) is 5.49. The number of hydrogen-bond acceptors (Lipinski definition) is 9. The van der Waals surface area contributed by atoms with Crippen LogP contribution in [0.15, 0.2) is 36.8 Å². The van der Waals surface area contributed by atoms with Gasteiger partial charge >= 0.3 is 6.09 Å². The van der Waals surface area contributed by atoms with Crippen LogP contribution in [0.1, 0.15) is 74.9 Å². The molecule has 13 nitrogen and oxygen atoms in total. The van der Waals surface area contributed by atoms with E-state index in [1.165, 1.54) is 4.90 Å². The summed E-state index contributed by atoms with van der Waals surface area (Å²) < 4.78 is 26.9. The van der Waals surface area contributed by atoms with Gasteiger partial charge in [0.1, 0.15) is 17.2 Å². The summed E-state index contributed by atoms with van der Waals surface area (Å²) in [5.74, 6) is -0.277. The number of aromatic nitrogens is 5. The molecule has 0 unspecified atom stereocenters. The number of nitrogens with two attached hydrogens (primary N) is 1. The second kappa shape index (κ2) is 12.4. The van der Waals surface area contributed by atoms with Crippen LogP contribution in [0.2, 0.25) is 0 Å². The lowest BCUT2D eigenvalue weighted by atomic mass is 9.92. The first kappa shape index (κ1) is 32.4. The lowest BCUT2D eigenvalue weighted by molar-refractivity contribution is -0.121. The third kappa shape index (κ3) is 6.51. The first-order valence-electron chi connectivity index (χ1n) is 16.6. The molecule has 1 aromatic carbocycles. The van der Waals surface area contributed by atoms with Gasteiger partial charge in [0.25, 0.3) is 11.8 Å². The number of benzene rings is 1. The van der Waals surface area contributed by atoms with Gasteiger partial charge < -0.3 is 20.1 Å². The topological polar surface area (TPSA) is 159 Å². The lowest BCUT2D eigenvalue weighted by Crippen LogP contribution is -2.45. The quantitative estimate of drug-likeness (QED) is 0.291. The van der Waals surface area contributed by atoms with Crippen molar-refractivity contribution in [1.29, 1.82) is 0 Å². The van der Waals surface area contributed by atoms with E-state index in [9.17, 15) is 18.8 Å². The normalized spacial score (nSPS) is 19.5. The molecule has 14 heteroatoms. The Hall–Kier alpha value is -5.14. The maximum absolute atomic E-state index is 13.4. The minimum atomic E-state index is -0.587. The number of halogens is 1. The van der Waals surface area contributed by atoms with Crippen molar-refractivity contribution in [1.82, 2.24) is 29.6 Å². The monoisotopic (exact) mass is 670 g/mol. The molecule has 256 valence electrons. The number of fused-ring (bicyclic) bond motifs is 2. The molecular formula is C35H39FN8O5. The van der Waals surface area contributed by atoms with Crippen LogP contribution < -0.4 is 15.4 Å². The number of anilines is 1. The Kier molecular flexibility index (Phi) is 8.19. The predicted octanol–water partition coefficient (Wildman–Crippen LogP) is 4.82. The molecule has 3 amide bonds. The van der Waals surface area contributed by atoms with Gasteiger partial charge in [0, 0.05) is 24.0 Å². The highest BCUT2D eigenvalue weighted by Crippen LogP contribution is 2.43. The van der Waals surface area contributed by atoms with Crippen molar-refractivity contribution in [2.45, 2.75) is 71.6 Å². The van der Waals surface area contributed by atoms with Crippen LogP contribution in [-0.2, 0) is 22.5 Å². The third-order valence-electron chi connectivity index (χ3n) is 9.23. The number of rotatable bonds is 7. The SMILES string of the molecule is C[C@@H]1CN(C(=O)OC(C)(C)C)CC[C@H]1n1ncc2c(-c3ccc4c(c3)OCC(=O)N4Cc3ncc(F)cn3)c(C(N)=O)c(CC3CC3)nc21. The van der Waals surface area contributed by atoms with Gasteiger partial charge in [0.15, 0.2) is 18.1 Å². The number of carbonyl (C=O) groups excluding carboxylic acids is 3. The largest absolute Gasteiger partial charge is 0.482 e. The molecule has 2 N–H and O–H groups in total. The third-order valence-corrected chi connectivity index (χ3v) is 9.23. The van der Waals surface area contributed by atoms with Gasteiger partial charge in [-0.3, -0.25) is 14.5 Å². The molecular weight excluding hydrogens is 631 g/mol. The molecule has 4 aromatic rings. The fraction of sp³-hybridized carbons (Fsp3) is 0.457. The van der Waals surface area contributed by atoms with Crippen LogP contribution in [0.5, 0.6) is 5.75 Å². The number of hydrogen-bond donors (Lipinski definition) is 1. The van der Waals surface area contributed by atoms with Crippen LogP contribution in [0, 0.1) is 17.7 Å². The summed E-state index contributed by atoms with van der Waals surface area (Å²) in [6.45, 7) is 8.48. The number of amides is 3. The first-order valence-corrected chi connectivity index (χ1v) is 16.6. The van der Waals surface area contributed by atoms with Crippen LogP contribution >= 0.6 is 0 Å². The second-order valence-corrected chi connectivity index (χ2v) is 14.2. The minimum Gasteiger partial charge on any atom is -0.482 e. The summed E-state index contributed by atoms with van der Waals surface area (Å²) in [5.41, 5.74) is 8.89. The molecule has 3 aromatic heterocycles. The summed E-state index contributed by atoms with van der Waals surface area (Å²) in [7, 11) is 0. The van der Waals surface area contributed by atoms with Crippen molar-refractivity contribution in [2.75, 3.05) is 24.6 Å². The van der Waals surface area contributed by atoms with Crippen LogP contribution in [0.4, 0.5) is 14.9 Å². The Balaban J connectivity index is 1.28. The van der Waals surface area contributed by atoms with Crippen molar-refractivity contribution < 1.29 is 28.2 Å². The smallest absolute Gasteiger partial charge is 0.410 e. The molecule has 1 saturated carbocycles. The zero-order chi connectivity index (χ0) is 34.6. The van der Waals surface area contributed by atoms with Gasteiger partial charge in [-0.05, 0) is 76.0 Å². The number of piperidine rings is 1. The van der Waals surface area contributed by atoms with Crippen LogP contribution in [0.3, 0.4) is 0 Å². The Labute approximate surface area is 282 Å². The van der Waals surface area contributed by atoms with Gasteiger partial charge in [-0.1, -0.05) is 13.0 Å². The number of primary amides is 1. The average Bonchev–Trinajstić information content (AvgIpc) is 3.77. The number of carbonyl (C=O) groups is 3. The predicted molar refractivity (Wildman–Crippen MR) is 177 cm³/mol. The molecule has 3 aliphatic rings. The van der Waals surface area contributed by atoms with E-state index in [4.69, 9.17) is 25.3 Å². The molecule has 2 fully saturated rings. The fourth-order valence-electron chi connectivity index (χ4n) is 6.74. The molecule has 0 bridgehead atoms. The summed E-state index contributed by atoms with van der Waals surface area (Å²) >= 11 is 0. The molecule has 2 aliphatic heterocycles. The molecule has 5 heterocycles. The van der Waals surface area contributed by atoms with Crippen molar-refractivity contribution in [3.63, 3.8) is 0 Å². The molecule has 0 radical (unpaired) electrons. The van der Waals surface area contributed by atoms with Gasteiger partial charge in [-0.2, -0.15) is 5.10 Å². The summed E-state index contributed by atoms with van der Waals surface area (Å²) in [6, 6.07) is 5.31. The zero-order valence-electron chi connectivity index (χ0n) is 28.0. The van der Waals surface area contributed by atoms with Crippen LogP contribution in [0.25, 0.3) is 22.2 Å². The Morgan fingerprint density at radius 2 is 1.88 bits per heavy atom. The van der Waals surface area contributed by atoms with Crippen molar-refractivity contribution in [3.8, 4) is 16.9 Å². The van der Waals surface area contributed by atoms with Crippen LogP contribution in [-0.4, -0.2) is 72.8 Å². The molecule has 1 aliphatic carbocycles. The molecule has 49 heavy (non-hydrogen) atoms. The first-order chi connectivity index (χ1) is 23.4. The van der Waals surface area contributed by atoms with Gasteiger partial charge in [0.05, 0.1) is 48.1 Å². The Bertz CT molecular complexity index is 1950. The number of nitrogens with zero attached hydrogens (tertiary/aromatic N) is 7. The van der Waals surface area contributed by atoms with E-state index in [-0.39, 0.29) is 42.9 Å². The number of likely N-dealkylation sites (tertiary alicyclic amines) is 1. The van der Waals surface area contributed by atoms with E-state index < -0.39 is 17.3 Å². The average molecular weight is 671 g/mol. The van der Waals surface area contributed by atoms with Gasteiger partial charge in [0.2, 0.25) is 0 Å².